The molecule has 3 N–H and O–H groups in total. The second kappa shape index (κ2) is 7.04. The monoisotopic (exact) mass is 320 g/mol. The Labute approximate surface area is 129 Å². The van der Waals surface area contributed by atoms with E-state index in [1.54, 1.807) is 23.6 Å². The van der Waals surface area contributed by atoms with E-state index in [2.05, 4.69) is 21.9 Å². The van der Waals surface area contributed by atoms with Crippen LogP contribution in [0.3, 0.4) is 0 Å². The van der Waals surface area contributed by atoms with Crippen LogP contribution in [0.2, 0.25) is 0 Å². The van der Waals surface area contributed by atoms with Gasteiger partial charge in [-0.2, -0.15) is 0 Å². The van der Waals surface area contributed by atoms with Gasteiger partial charge in [0.2, 0.25) is 0 Å². The van der Waals surface area contributed by atoms with Crippen molar-refractivity contribution in [1.82, 2.24) is 0 Å². The molecule has 0 aliphatic heterocycles. The minimum atomic E-state index is -0.471. The summed E-state index contributed by atoms with van der Waals surface area (Å²) >= 11 is 2.48. The quantitative estimate of drug-likeness (QED) is 0.671. The molecule has 0 radical (unpaired) electrons. The lowest BCUT2D eigenvalue weighted by atomic mass is 10.3. The van der Waals surface area contributed by atoms with E-state index < -0.39 is 5.97 Å². The first-order valence-electron chi connectivity index (χ1n) is 5.91. The van der Waals surface area contributed by atoms with Gasteiger partial charge >= 0.3 is 5.97 Å². The van der Waals surface area contributed by atoms with Crippen LogP contribution < -0.4 is 11.1 Å². The Hall–Kier alpha value is -2.14. The Bertz CT molecular complexity index is 722. The number of thiophene rings is 2. The van der Waals surface area contributed by atoms with Crippen LogP contribution >= 0.6 is 22.7 Å². The zero-order valence-electron chi connectivity index (χ0n) is 11.1. The zero-order chi connectivity index (χ0) is 15.2. The molecule has 0 unspecified atom stereocenters. The summed E-state index contributed by atoms with van der Waals surface area (Å²) in [4.78, 5) is 25.3. The normalized spacial score (nSPS) is 9.62. The lowest BCUT2D eigenvalue weighted by Crippen LogP contribution is -2.12. The number of hydrogen-bond acceptors (Lipinski definition) is 6. The standard InChI is InChI=1S/C14H12N2O3S2/c1-19-14(18)12-10(6-8-20-12)16-13(17)11-5-4-9(21-11)3-2-7-15/h4-6,8H,7,15H2,1H3,(H,16,17). The third kappa shape index (κ3) is 3.70. The predicted molar refractivity (Wildman–Crippen MR) is 83.9 cm³/mol. The predicted octanol–water partition coefficient (Wildman–Crippen LogP) is 2.16. The number of amides is 1. The van der Waals surface area contributed by atoms with Gasteiger partial charge in [0.15, 0.2) is 0 Å². The van der Waals surface area contributed by atoms with Gasteiger partial charge in [-0.05, 0) is 23.6 Å². The van der Waals surface area contributed by atoms with Gasteiger partial charge in [0.1, 0.15) is 4.88 Å². The number of anilines is 1. The Balaban J connectivity index is 2.13. The second-order valence-corrected chi connectivity index (χ2v) is 5.78. The van der Waals surface area contributed by atoms with E-state index in [0.29, 0.717) is 15.4 Å². The molecule has 0 fully saturated rings. The van der Waals surface area contributed by atoms with Crippen LogP contribution in [0.4, 0.5) is 5.69 Å². The molecule has 0 aliphatic carbocycles. The maximum absolute atomic E-state index is 12.1. The second-order valence-electron chi connectivity index (χ2n) is 3.78. The molecule has 7 heteroatoms. The summed E-state index contributed by atoms with van der Waals surface area (Å²) in [6, 6.07) is 5.11. The van der Waals surface area contributed by atoms with E-state index in [4.69, 9.17) is 5.73 Å². The number of carbonyl (C=O) groups excluding carboxylic acids is 2. The van der Waals surface area contributed by atoms with Crippen LogP contribution in [0, 0.1) is 11.8 Å². The SMILES string of the molecule is COC(=O)c1sccc1NC(=O)c1ccc(C#CCN)s1. The molecular formula is C14H12N2O3S2. The first kappa shape index (κ1) is 15.3. The fourth-order valence-electron chi connectivity index (χ4n) is 1.51. The zero-order valence-corrected chi connectivity index (χ0v) is 12.8. The summed E-state index contributed by atoms with van der Waals surface area (Å²) in [5.41, 5.74) is 5.74. The lowest BCUT2D eigenvalue weighted by molar-refractivity contribution is 0.0607. The number of hydrogen-bond donors (Lipinski definition) is 2. The molecule has 0 saturated carbocycles. The molecule has 5 nitrogen and oxygen atoms in total. The highest BCUT2D eigenvalue weighted by Gasteiger charge is 2.17. The average molecular weight is 320 g/mol. The molecule has 2 rings (SSSR count). The number of methoxy groups -OCH3 is 1. The summed E-state index contributed by atoms with van der Waals surface area (Å²) in [6.07, 6.45) is 0. The molecule has 0 bridgehead atoms. The molecule has 108 valence electrons. The van der Waals surface area contributed by atoms with Crippen LogP contribution in [0.5, 0.6) is 0 Å². The first-order valence-corrected chi connectivity index (χ1v) is 7.61. The van der Waals surface area contributed by atoms with Gasteiger partial charge in [0, 0.05) is 0 Å². The van der Waals surface area contributed by atoms with E-state index in [9.17, 15) is 9.59 Å². The molecule has 0 atom stereocenters. The molecule has 2 aromatic heterocycles. The van der Waals surface area contributed by atoms with Crippen molar-refractivity contribution < 1.29 is 14.3 Å². The molecular weight excluding hydrogens is 308 g/mol. The lowest BCUT2D eigenvalue weighted by Gasteiger charge is -2.03. The highest BCUT2D eigenvalue weighted by molar-refractivity contribution is 7.14. The van der Waals surface area contributed by atoms with Crippen LogP contribution in [0.1, 0.15) is 24.2 Å². The van der Waals surface area contributed by atoms with Crippen LogP contribution in [0.15, 0.2) is 23.6 Å². The summed E-state index contributed by atoms with van der Waals surface area (Å²) < 4.78 is 4.66. The highest BCUT2D eigenvalue weighted by atomic mass is 32.1. The number of esters is 1. The Morgan fingerprint density at radius 2 is 2.19 bits per heavy atom. The molecule has 0 aromatic carbocycles. The van der Waals surface area contributed by atoms with Crippen molar-refractivity contribution in [3.05, 3.63) is 38.2 Å². The Kier molecular flexibility index (Phi) is 5.11. The van der Waals surface area contributed by atoms with Gasteiger partial charge in [0.25, 0.3) is 5.91 Å². The fourth-order valence-corrected chi connectivity index (χ4v) is 3.05. The van der Waals surface area contributed by atoms with Gasteiger partial charge in [0.05, 0.1) is 29.1 Å². The van der Waals surface area contributed by atoms with E-state index in [-0.39, 0.29) is 12.5 Å². The van der Waals surface area contributed by atoms with E-state index in [1.165, 1.54) is 29.8 Å². The summed E-state index contributed by atoms with van der Waals surface area (Å²) in [5.74, 6) is 4.84. The molecule has 2 heterocycles. The number of ether oxygens (including phenoxy) is 1. The molecule has 1 amide bonds. The van der Waals surface area contributed by atoms with E-state index >= 15 is 0 Å². The van der Waals surface area contributed by atoms with Crippen LogP contribution in [-0.2, 0) is 4.74 Å². The minimum absolute atomic E-state index is 0.275. The van der Waals surface area contributed by atoms with Gasteiger partial charge < -0.3 is 15.8 Å². The maximum Gasteiger partial charge on any atom is 0.350 e. The number of nitrogens with one attached hydrogen (secondary N) is 1. The van der Waals surface area contributed by atoms with Crippen LogP contribution in [-0.4, -0.2) is 25.5 Å². The van der Waals surface area contributed by atoms with E-state index in [1.807, 2.05) is 0 Å². The van der Waals surface area contributed by atoms with Crippen molar-refractivity contribution in [1.29, 1.82) is 0 Å². The summed E-state index contributed by atoms with van der Waals surface area (Å²) in [7, 11) is 1.30. The molecule has 0 spiro atoms. The van der Waals surface area contributed by atoms with Gasteiger partial charge in [-0.1, -0.05) is 11.8 Å². The number of rotatable bonds is 3. The number of nitrogens with two attached hydrogens (primary N) is 1. The smallest absolute Gasteiger partial charge is 0.350 e. The van der Waals surface area contributed by atoms with Gasteiger partial charge in [-0.3, -0.25) is 4.79 Å². The van der Waals surface area contributed by atoms with Crippen molar-refractivity contribution in [3.8, 4) is 11.8 Å². The molecule has 21 heavy (non-hydrogen) atoms. The van der Waals surface area contributed by atoms with Gasteiger partial charge in [-0.25, -0.2) is 4.79 Å². The van der Waals surface area contributed by atoms with E-state index in [0.717, 1.165) is 4.88 Å². The third-order valence-corrected chi connectivity index (χ3v) is 4.32. The summed E-state index contributed by atoms with van der Waals surface area (Å²) in [5, 5.41) is 4.42. The minimum Gasteiger partial charge on any atom is -0.465 e. The Morgan fingerprint density at radius 1 is 1.38 bits per heavy atom. The van der Waals surface area contributed by atoms with Crippen molar-refractivity contribution in [2.75, 3.05) is 19.0 Å². The average Bonchev–Trinajstić information content (AvgIpc) is 3.13. The molecule has 0 aliphatic rings. The topological polar surface area (TPSA) is 81.4 Å². The summed E-state index contributed by atoms with van der Waals surface area (Å²) in [6.45, 7) is 0.275. The maximum atomic E-state index is 12.1. The van der Waals surface area contributed by atoms with Crippen molar-refractivity contribution in [2.45, 2.75) is 0 Å². The highest BCUT2D eigenvalue weighted by Crippen LogP contribution is 2.25. The number of carbonyl (C=O) groups is 2. The van der Waals surface area contributed by atoms with Crippen molar-refractivity contribution in [2.24, 2.45) is 5.73 Å². The largest absolute Gasteiger partial charge is 0.465 e. The molecule has 2 aromatic rings. The van der Waals surface area contributed by atoms with Crippen LogP contribution in [0.25, 0.3) is 0 Å². The van der Waals surface area contributed by atoms with Crippen molar-refractivity contribution in [3.63, 3.8) is 0 Å². The van der Waals surface area contributed by atoms with Crippen molar-refractivity contribution >= 4 is 40.2 Å². The Morgan fingerprint density at radius 3 is 2.90 bits per heavy atom. The first-order chi connectivity index (χ1) is 10.2. The fraction of sp³-hybridized carbons (Fsp3) is 0.143. The van der Waals surface area contributed by atoms with Gasteiger partial charge in [-0.15, -0.1) is 22.7 Å². The third-order valence-electron chi connectivity index (χ3n) is 2.43. The molecule has 0 saturated heterocycles.